The molecule has 7 heteroatoms. The van der Waals surface area contributed by atoms with Gasteiger partial charge < -0.3 is 14.7 Å². The minimum atomic E-state index is -0.132. The third kappa shape index (κ3) is 3.42. The molecular weight excluding hydrogens is 378 g/mol. The van der Waals surface area contributed by atoms with Crippen molar-refractivity contribution in [2.24, 2.45) is 5.41 Å². The summed E-state index contributed by atoms with van der Waals surface area (Å²) in [5.41, 5.74) is 4.40. The smallest absolute Gasteiger partial charge is 0.153 e. The fourth-order valence-corrected chi connectivity index (χ4v) is 4.88. The van der Waals surface area contributed by atoms with E-state index in [1.54, 1.807) is 12.5 Å². The Balaban J connectivity index is 1.44. The quantitative estimate of drug-likeness (QED) is 0.716. The van der Waals surface area contributed by atoms with Gasteiger partial charge in [0, 0.05) is 30.2 Å². The van der Waals surface area contributed by atoms with Crippen LogP contribution in [0.4, 0.5) is 5.82 Å². The molecule has 156 valence electrons. The largest absolute Gasteiger partial charge is 0.390 e. The molecule has 2 fully saturated rings. The van der Waals surface area contributed by atoms with Gasteiger partial charge in [-0.05, 0) is 44.6 Å². The van der Waals surface area contributed by atoms with Crippen LogP contribution in [0.15, 0.2) is 30.7 Å². The Bertz CT molecular complexity index is 1080. The highest BCUT2D eigenvalue weighted by Crippen LogP contribution is 2.42. The second-order valence-electron chi connectivity index (χ2n) is 8.70. The van der Waals surface area contributed by atoms with Crippen molar-refractivity contribution in [2.75, 3.05) is 24.6 Å². The molecule has 2 saturated heterocycles. The number of ether oxygens (including phenoxy) is 1. The van der Waals surface area contributed by atoms with Crippen molar-refractivity contribution in [2.45, 2.75) is 45.8 Å². The summed E-state index contributed by atoms with van der Waals surface area (Å²) in [6.07, 6.45) is 7.03. The van der Waals surface area contributed by atoms with E-state index in [2.05, 4.69) is 21.8 Å². The van der Waals surface area contributed by atoms with Gasteiger partial charge in [0.1, 0.15) is 12.0 Å². The molecule has 1 spiro atoms. The maximum Gasteiger partial charge on any atom is 0.153 e. The molecule has 2 aromatic heterocycles. The third-order valence-electron chi connectivity index (χ3n) is 6.57. The second-order valence-corrected chi connectivity index (χ2v) is 8.70. The number of fused-ring (bicyclic) bond motifs is 1. The molecule has 1 aromatic carbocycles. The molecule has 5 rings (SSSR count). The van der Waals surface area contributed by atoms with Crippen LogP contribution in [0.2, 0.25) is 0 Å². The van der Waals surface area contributed by atoms with Crippen molar-refractivity contribution in [1.29, 1.82) is 0 Å². The zero-order valence-electron chi connectivity index (χ0n) is 17.5. The maximum absolute atomic E-state index is 10.1. The van der Waals surface area contributed by atoms with Crippen molar-refractivity contribution in [1.82, 2.24) is 19.9 Å². The first-order chi connectivity index (χ1) is 14.6. The van der Waals surface area contributed by atoms with Gasteiger partial charge in [0.25, 0.3) is 0 Å². The normalized spacial score (nSPS) is 20.9. The molecule has 1 atom stereocenters. The summed E-state index contributed by atoms with van der Waals surface area (Å²) >= 11 is 0. The van der Waals surface area contributed by atoms with Gasteiger partial charge in [-0.2, -0.15) is 0 Å². The summed E-state index contributed by atoms with van der Waals surface area (Å²) in [7, 11) is 0. The molecule has 0 aliphatic carbocycles. The van der Waals surface area contributed by atoms with E-state index in [9.17, 15) is 5.11 Å². The topological polar surface area (TPSA) is 84.3 Å². The Labute approximate surface area is 176 Å². The molecule has 2 aliphatic heterocycles. The Morgan fingerprint density at radius 2 is 2.07 bits per heavy atom. The predicted octanol–water partition coefficient (Wildman–Crippen LogP) is 3.28. The molecule has 3 aromatic rings. The van der Waals surface area contributed by atoms with Gasteiger partial charge in [0.05, 0.1) is 36.2 Å². The van der Waals surface area contributed by atoms with Crippen LogP contribution < -0.4 is 4.90 Å². The number of rotatable bonds is 3. The highest BCUT2D eigenvalue weighted by atomic mass is 16.5. The molecule has 0 radical (unpaired) electrons. The molecule has 4 heterocycles. The van der Waals surface area contributed by atoms with Crippen molar-refractivity contribution in [3.8, 4) is 11.3 Å². The van der Waals surface area contributed by atoms with E-state index in [1.165, 1.54) is 0 Å². The van der Waals surface area contributed by atoms with Crippen LogP contribution in [0.5, 0.6) is 0 Å². The minimum absolute atomic E-state index is 0.132. The Hall–Kier alpha value is -2.64. The van der Waals surface area contributed by atoms with Gasteiger partial charge in [0.15, 0.2) is 5.82 Å². The van der Waals surface area contributed by atoms with E-state index < -0.39 is 0 Å². The fourth-order valence-electron chi connectivity index (χ4n) is 4.88. The van der Waals surface area contributed by atoms with E-state index >= 15 is 0 Å². The SMILES string of the molecule is Cc1nc(N2CCC3(CC2)CO[C@@H](C)C3)c(CO)nc1-c1ccc2cncnc2c1. The summed E-state index contributed by atoms with van der Waals surface area (Å²) in [6.45, 7) is 6.72. The van der Waals surface area contributed by atoms with Gasteiger partial charge in [-0.25, -0.2) is 19.9 Å². The lowest BCUT2D eigenvalue weighted by molar-refractivity contribution is 0.0975. The van der Waals surface area contributed by atoms with Crippen LogP contribution in [-0.4, -0.2) is 50.8 Å². The average molecular weight is 406 g/mol. The van der Waals surface area contributed by atoms with E-state index in [1.807, 2.05) is 25.1 Å². The van der Waals surface area contributed by atoms with Crippen molar-refractivity contribution >= 4 is 16.7 Å². The number of aliphatic hydroxyl groups excluding tert-OH is 1. The van der Waals surface area contributed by atoms with Crippen molar-refractivity contribution in [3.63, 3.8) is 0 Å². The maximum atomic E-state index is 10.1. The Morgan fingerprint density at radius 1 is 1.23 bits per heavy atom. The van der Waals surface area contributed by atoms with Gasteiger partial charge >= 0.3 is 0 Å². The van der Waals surface area contributed by atoms with Crippen LogP contribution in [0.1, 0.15) is 37.6 Å². The monoisotopic (exact) mass is 405 g/mol. The number of aliphatic hydroxyl groups is 1. The zero-order chi connectivity index (χ0) is 20.7. The lowest BCUT2D eigenvalue weighted by Gasteiger charge is -2.39. The molecule has 1 N–H and O–H groups in total. The number of aromatic nitrogens is 4. The summed E-state index contributed by atoms with van der Waals surface area (Å²) in [5.74, 6) is 0.809. The summed E-state index contributed by atoms with van der Waals surface area (Å²) in [4.78, 5) is 20.4. The van der Waals surface area contributed by atoms with E-state index in [4.69, 9.17) is 14.7 Å². The standard InChI is InChI=1S/C23H27N5O2/c1-15-10-23(13-30-15)5-7-28(8-6-23)22-20(12-29)27-21(16(2)26-22)17-3-4-18-11-24-14-25-19(18)9-17/h3-4,9,11,14-15,29H,5-8,10,12-13H2,1-2H3/t15-/m0/s1. The third-order valence-corrected chi connectivity index (χ3v) is 6.57. The molecule has 30 heavy (non-hydrogen) atoms. The molecule has 7 nitrogen and oxygen atoms in total. The van der Waals surface area contributed by atoms with Crippen molar-refractivity contribution < 1.29 is 9.84 Å². The first kappa shape index (κ1) is 19.3. The molecular formula is C23H27N5O2. The van der Waals surface area contributed by atoms with Gasteiger partial charge in [-0.1, -0.05) is 12.1 Å². The average Bonchev–Trinajstić information content (AvgIpc) is 3.13. The summed E-state index contributed by atoms with van der Waals surface area (Å²) in [6, 6.07) is 6.00. The zero-order valence-corrected chi connectivity index (χ0v) is 17.5. The number of piperidine rings is 1. The Kier molecular flexibility index (Phi) is 4.87. The van der Waals surface area contributed by atoms with Crippen LogP contribution in [-0.2, 0) is 11.3 Å². The highest BCUT2D eigenvalue weighted by Gasteiger charge is 2.41. The Morgan fingerprint density at radius 3 is 2.80 bits per heavy atom. The minimum Gasteiger partial charge on any atom is -0.390 e. The molecule has 0 saturated carbocycles. The first-order valence-electron chi connectivity index (χ1n) is 10.6. The number of aryl methyl sites for hydroxylation is 1. The van der Waals surface area contributed by atoms with Gasteiger partial charge in [-0.3, -0.25) is 0 Å². The van der Waals surface area contributed by atoms with Gasteiger partial charge in [0.2, 0.25) is 0 Å². The number of hydrogen-bond donors (Lipinski definition) is 1. The lowest BCUT2D eigenvalue weighted by atomic mass is 9.77. The van der Waals surface area contributed by atoms with Crippen LogP contribution >= 0.6 is 0 Å². The molecule has 2 aliphatic rings. The second kappa shape index (κ2) is 7.56. The number of benzene rings is 1. The van der Waals surface area contributed by atoms with E-state index in [-0.39, 0.29) is 6.61 Å². The lowest BCUT2D eigenvalue weighted by Crippen LogP contribution is -2.41. The van der Waals surface area contributed by atoms with E-state index in [0.717, 1.165) is 72.6 Å². The number of nitrogens with zero attached hydrogens (tertiary/aromatic N) is 5. The van der Waals surface area contributed by atoms with E-state index in [0.29, 0.717) is 17.2 Å². The first-order valence-corrected chi connectivity index (χ1v) is 10.6. The number of anilines is 1. The fraction of sp³-hybridized carbons (Fsp3) is 0.478. The summed E-state index contributed by atoms with van der Waals surface area (Å²) in [5, 5.41) is 11.0. The molecule has 0 bridgehead atoms. The van der Waals surface area contributed by atoms with Crippen LogP contribution in [0.25, 0.3) is 22.2 Å². The van der Waals surface area contributed by atoms with Gasteiger partial charge in [-0.15, -0.1) is 0 Å². The summed E-state index contributed by atoms with van der Waals surface area (Å²) < 4.78 is 5.85. The predicted molar refractivity (Wildman–Crippen MR) is 115 cm³/mol. The van der Waals surface area contributed by atoms with Crippen LogP contribution in [0, 0.1) is 12.3 Å². The number of hydrogen-bond acceptors (Lipinski definition) is 7. The van der Waals surface area contributed by atoms with Crippen LogP contribution in [0.3, 0.4) is 0 Å². The molecule has 0 unspecified atom stereocenters. The van der Waals surface area contributed by atoms with Crippen molar-refractivity contribution in [3.05, 3.63) is 42.1 Å². The molecule has 0 amide bonds. The highest BCUT2D eigenvalue weighted by molar-refractivity contribution is 5.83.